The molecule has 0 amide bonds. The number of nitrogens with zero attached hydrogens (tertiary/aromatic N) is 2. The summed E-state index contributed by atoms with van der Waals surface area (Å²) in [5, 5.41) is 4.17. The highest BCUT2D eigenvalue weighted by molar-refractivity contribution is 9.10. The molecule has 0 N–H and O–H groups in total. The summed E-state index contributed by atoms with van der Waals surface area (Å²) in [7, 11) is 0. The number of carbonyl (C=O) groups is 1. The van der Waals surface area contributed by atoms with Crippen molar-refractivity contribution < 1.29 is 9.53 Å². The van der Waals surface area contributed by atoms with E-state index in [0.29, 0.717) is 4.60 Å². The first-order valence-corrected chi connectivity index (χ1v) is 5.87. The molecule has 16 heavy (non-hydrogen) atoms. The maximum absolute atomic E-state index is 12.0. The van der Waals surface area contributed by atoms with Crippen molar-refractivity contribution in [2.45, 2.75) is 45.8 Å². The molecule has 4 nitrogen and oxygen atoms in total. The van der Waals surface area contributed by atoms with Crippen LogP contribution in [0.15, 0.2) is 16.9 Å². The zero-order chi connectivity index (χ0) is 12.6. The van der Waals surface area contributed by atoms with Gasteiger partial charge in [-0.05, 0) is 56.6 Å². The third-order valence-corrected chi connectivity index (χ3v) is 2.45. The van der Waals surface area contributed by atoms with Gasteiger partial charge in [0, 0.05) is 6.20 Å². The molecule has 0 fully saturated rings. The minimum absolute atomic E-state index is 0.296. The lowest BCUT2D eigenvalue weighted by Gasteiger charge is -2.28. The van der Waals surface area contributed by atoms with E-state index in [4.69, 9.17) is 4.74 Å². The Kier molecular flexibility index (Phi) is 3.47. The Morgan fingerprint density at radius 2 is 1.94 bits per heavy atom. The fourth-order valence-electron chi connectivity index (χ4n) is 1.11. The van der Waals surface area contributed by atoms with Crippen molar-refractivity contribution in [3.8, 4) is 0 Å². The molecule has 0 aliphatic heterocycles. The molecular formula is C11H17BrN2O2. The van der Waals surface area contributed by atoms with Gasteiger partial charge in [-0.1, -0.05) is 0 Å². The Morgan fingerprint density at radius 1 is 1.38 bits per heavy atom. The highest BCUT2D eigenvalue weighted by Gasteiger charge is 2.35. The van der Waals surface area contributed by atoms with E-state index < -0.39 is 11.1 Å². The third-order valence-electron chi connectivity index (χ3n) is 2.03. The third kappa shape index (κ3) is 3.07. The van der Waals surface area contributed by atoms with Gasteiger partial charge in [-0.2, -0.15) is 5.10 Å². The molecule has 0 aliphatic carbocycles. The van der Waals surface area contributed by atoms with Crippen LogP contribution in [0.4, 0.5) is 0 Å². The van der Waals surface area contributed by atoms with Crippen LogP contribution in [0.1, 0.15) is 34.6 Å². The van der Waals surface area contributed by atoms with Crippen LogP contribution >= 0.6 is 15.9 Å². The van der Waals surface area contributed by atoms with Crippen LogP contribution in [0.3, 0.4) is 0 Å². The highest BCUT2D eigenvalue weighted by Crippen LogP contribution is 2.21. The van der Waals surface area contributed by atoms with Gasteiger partial charge in [-0.25, -0.2) is 4.79 Å². The second-order valence-corrected chi connectivity index (χ2v) is 5.96. The van der Waals surface area contributed by atoms with Gasteiger partial charge in [0.15, 0.2) is 5.54 Å². The summed E-state index contributed by atoms with van der Waals surface area (Å²) < 4.78 is 7.64. The topological polar surface area (TPSA) is 44.1 Å². The molecular weight excluding hydrogens is 272 g/mol. The van der Waals surface area contributed by atoms with E-state index in [1.807, 2.05) is 20.8 Å². The van der Waals surface area contributed by atoms with Crippen LogP contribution in [-0.2, 0) is 15.1 Å². The zero-order valence-electron chi connectivity index (χ0n) is 10.2. The quantitative estimate of drug-likeness (QED) is 0.786. The fourth-order valence-corrected chi connectivity index (χ4v) is 1.40. The van der Waals surface area contributed by atoms with Crippen LogP contribution in [0, 0.1) is 0 Å². The molecule has 90 valence electrons. The summed E-state index contributed by atoms with van der Waals surface area (Å²) in [5.74, 6) is -0.296. The summed E-state index contributed by atoms with van der Waals surface area (Å²) in [6.07, 6.45) is 1.74. The first-order valence-electron chi connectivity index (χ1n) is 5.08. The average Bonchev–Trinajstić information content (AvgIpc) is 2.48. The molecule has 0 saturated heterocycles. The van der Waals surface area contributed by atoms with Crippen LogP contribution in [0.25, 0.3) is 0 Å². The number of aromatic nitrogens is 2. The molecule has 0 aromatic carbocycles. The van der Waals surface area contributed by atoms with Gasteiger partial charge in [-0.15, -0.1) is 0 Å². The molecule has 0 saturated carbocycles. The largest absolute Gasteiger partial charge is 0.458 e. The number of carbonyl (C=O) groups excluding carboxylic acids is 1. The van der Waals surface area contributed by atoms with E-state index >= 15 is 0 Å². The Hall–Kier alpha value is -0.840. The zero-order valence-corrected chi connectivity index (χ0v) is 11.8. The van der Waals surface area contributed by atoms with E-state index in [2.05, 4.69) is 21.0 Å². The summed E-state index contributed by atoms with van der Waals surface area (Å²) in [6.45, 7) is 9.10. The van der Waals surface area contributed by atoms with E-state index in [1.165, 1.54) is 0 Å². The summed E-state index contributed by atoms with van der Waals surface area (Å²) in [5.41, 5.74) is -1.29. The fraction of sp³-hybridized carbons (Fsp3) is 0.636. The lowest BCUT2D eigenvalue weighted by Crippen LogP contribution is -2.41. The normalized spacial score (nSPS) is 12.6. The van der Waals surface area contributed by atoms with Crippen LogP contribution in [0.5, 0.6) is 0 Å². The van der Waals surface area contributed by atoms with Crippen molar-refractivity contribution in [2.24, 2.45) is 0 Å². The minimum atomic E-state index is -0.806. The molecule has 1 aromatic heterocycles. The van der Waals surface area contributed by atoms with Gasteiger partial charge in [-0.3, -0.25) is 4.68 Å². The molecule has 0 unspecified atom stereocenters. The molecule has 1 aromatic rings. The first-order chi connectivity index (χ1) is 7.13. The second kappa shape index (κ2) is 4.20. The standard InChI is InChI=1S/C11H17BrN2O2/c1-10(2,3)16-9(15)11(4,5)14-7-6-8(12)13-14/h6-7H,1-5H3. The molecule has 5 heteroatoms. The van der Waals surface area contributed by atoms with Crippen LogP contribution < -0.4 is 0 Å². The molecule has 1 heterocycles. The monoisotopic (exact) mass is 288 g/mol. The van der Waals surface area contributed by atoms with Gasteiger partial charge in [0.25, 0.3) is 0 Å². The number of ether oxygens (including phenoxy) is 1. The maximum Gasteiger partial charge on any atom is 0.334 e. The molecule has 1 rings (SSSR count). The Balaban J connectivity index is 2.90. The van der Waals surface area contributed by atoms with Crippen molar-refractivity contribution in [2.75, 3.05) is 0 Å². The van der Waals surface area contributed by atoms with Crippen molar-refractivity contribution in [3.05, 3.63) is 16.9 Å². The van der Waals surface area contributed by atoms with Crippen molar-refractivity contribution in [3.63, 3.8) is 0 Å². The number of esters is 1. The molecule has 0 bridgehead atoms. The number of hydrogen-bond acceptors (Lipinski definition) is 3. The number of rotatable bonds is 2. The predicted octanol–water partition coefficient (Wildman–Crippen LogP) is 2.72. The smallest absolute Gasteiger partial charge is 0.334 e. The van der Waals surface area contributed by atoms with Crippen molar-refractivity contribution in [1.82, 2.24) is 9.78 Å². The predicted molar refractivity (Wildman–Crippen MR) is 65.1 cm³/mol. The Morgan fingerprint density at radius 3 is 2.31 bits per heavy atom. The lowest BCUT2D eigenvalue weighted by atomic mass is 10.1. The molecule has 0 spiro atoms. The van der Waals surface area contributed by atoms with Crippen LogP contribution in [-0.4, -0.2) is 21.4 Å². The molecule has 0 radical (unpaired) electrons. The Labute approximate surface area is 104 Å². The summed E-state index contributed by atoms with van der Waals surface area (Å²) in [4.78, 5) is 12.0. The van der Waals surface area contributed by atoms with Gasteiger partial charge in [0.05, 0.1) is 0 Å². The summed E-state index contributed by atoms with van der Waals surface area (Å²) >= 11 is 3.25. The molecule has 0 aliphatic rings. The average molecular weight is 289 g/mol. The lowest BCUT2D eigenvalue weighted by molar-refractivity contribution is -0.164. The number of hydrogen-bond donors (Lipinski definition) is 0. The van der Waals surface area contributed by atoms with Crippen molar-refractivity contribution in [1.29, 1.82) is 0 Å². The number of halogens is 1. The van der Waals surface area contributed by atoms with E-state index in [9.17, 15) is 4.79 Å². The first kappa shape index (κ1) is 13.2. The maximum atomic E-state index is 12.0. The highest BCUT2D eigenvalue weighted by atomic mass is 79.9. The second-order valence-electron chi connectivity index (χ2n) is 5.14. The summed E-state index contributed by atoms with van der Waals surface area (Å²) in [6, 6.07) is 1.78. The van der Waals surface area contributed by atoms with Gasteiger partial charge in [0.1, 0.15) is 10.2 Å². The van der Waals surface area contributed by atoms with Gasteiger partial charge < -0.3 is 4.74 Å². The van der Waals surface area contributed by atoms with Crippen LogP contribution in [0.2, 0.25) is 0 Å². The minimum Gasteiger partial charge on any atom is -0.458 e. The van der Waals surface area contributed by atoms with E-state index in [-0.39, 0.29) is 5.97 Å². The van der Waals surface area contributed by atoms with Crippen molar-refractivity contribution >= 4 is 21.9 Å². The van der Waals surface area contributed by atoms with Gasteiger partial charge >= 0.3 is 5.97 Å². The van der Waals surface area contributed by atoms with E-state index in [0.717, 1.165) is 0 Å². The SMILES string of the molecule is CC(C)(C)OC(=O)C(C)(C)n1ccc(Br)n1. The Bertz CT molecular complexity index is 391. The van der Waals surface area contributed by atoms with E-state index in [1.54, 1.807) is 30.8 Å². The molecule has 0 atom stereocenters. The van der Waals surface area contributed by atoms with Gasteiger partial charge in [0.2, 0.25) is 0 Å².